The number of carbonyl (C=O) groups excluding carboxylic acids is 1. The minimum absolute atomic E-state index is 0.143. The molecule has 0 aliphatic carbocycles. The van der Waals surface area contributed by atoms with Crippen LogP contribution >= 0.6 is 0 Å². The van der Waals surface area contributed by atoms with Gasteiger partial charge in [-0.15, -0.1) is 0 Å². The van der Waals surface area contributed by atoms with Gasteiger partial charge >= 0.3 is 0 Å². The number of hydrogen-bond acceptors (Lipinski definition) is 8. The molecule has 0 bridgehead atoms. The SMILES string of the molecule is Cc1ccc(C(=O)NCc2cc3nc(-c4cccc(N5CC(C)(C)OC(C)(C)C5)n4)ccc3cn2)cc1S(C)(=O)=O. The Labute approximate surface area is 240 Å². The number of benzene rings is 1. The first kappa shape index (κ1) is 28.6. The van der Waals surface area contributed by atoms with Gasteiger partial charge in [0.15, 0.2) is 9.84 Å². The molecule has 1 aliphatic rings. The highest BCUT2D eigenvalue weighted by Gasteiger charge is 2.38. The van der Waals surface area contributed by atoms with Gasteiger partial charge in [0.25, 0.3) is 5.91 Å². The van der Waals surface area contributed by atoms with E-state index in [4.69, 9.17) is 14.7 Å². The molecule has 4 aromatic rings. The summed E-state index contributed by atoms with van der Waals surface area (Å²) in [6.45, 7) is 11.7. The second kappa shape index (κ2) is 10.5. The molecule has 0 atom stereocenters. The molecule has 0 radical (unpaired) electrons. The van der Waals surface area contributed by atoms with Crippen LogP contribution < -0.4 is 10.2 Å². The molecule has 1 fully saturated rings. The Morgan fingerprint density at radius 3 is 2.39 bits per heavy atom. The summed E-state index contributed by atoms with van der Waals surface area (Å²) in [5.74, 6) is 0.496. The number of ether oxygens (including phenoxy) is 1. The minimum atomic E-state index is -3.44. The lowest BCUT2D eigenvalue weighted by molar-refractivity contribution is -0.133. The van der Waals surface area contributed by atoms with Gasteiger partial charge in [-0.1, -0.05) is 12.1 Å². The van der Waals surface area contributed by atoms with Gasteiger partial charge in [-0.05, 0) is 82.6 Å². The van der Waals surface area contributed by atoms with E-state index in [1.807, 2.05) is 36.4 Å². The summed E-state index contributed by atoms with van der Waals surface area (Å²) in [6, 6.07) is 16.3. The van der Waals surface area contributed by atoms with Gasteiger partial charge in [0.05, 0.1) is 45.2 Å². The number of pyridine rings is 3. The van der Waals surface area contributed by atoms with E-state index in [0.717, 1.165) is 47.5 Å². The summed E-state index contributed by atoms with van der Waals surface area (Å²) in [6.07, 6.45) is 2.86. The lowest BCUT2D eigenvalue weighted by Gasteiger charge is -2.47. The Morgan fingerprint density at radius 2 is 1.68 bits per heavy atom. The number of fused-ring (bicyclic) bond motifs is 1. The number of rotatable bonds is 6. The molecular formula is C31H35N5O4S. The third kappa shape index (κ3) is 6.55. The molecule has 3 aromatic heterocycles. The van der Waals surface area contributed by atoms with Crippen molar-refractivity contribution in [2.24, 2.45) is 0 Å². The molecule has 0 saturated carbocycles. The van der Waals surface area contributed by atoms with Crippen LogP contribution in [0.5, 0.6) is 0 Å². The number of anilines is 1. The Balaban J connectivity index is 1.35. The lowest BCUT2D eigenvalue weighted by Crippen LogP contribution is -2.57. The average Bonchev–Trinajstić information content (AvgIpc) is 2.89. The van der Waals surface area contributed by atoms with Crippen LogP contribution in [0.1, 0.15) is 49.3 Å². The van der Waals surface area contributed by atoms with Crippen LogP contribution in [0.25, 0.3) is 22.3 Å². The molecular weight excluding hydrogens is 538 g/mol. The van der Waals surface area contributed by atoms with Crippen molar-refractivity contribution in [2.45, 2.75) is 57.3 Å². The monoisotopic (exact) mass is 573 g/mol. The number of carbonyl (C=O) groups is 1. The summed E-state index contributed by atoms with van der Waals surface area (Å²) in [7, 11) is -3.44. The number of aryl methyl sites for hydroxylation is 1. The van der Waals surface area contributed by atoms with Crippen LogP contribution in [0.15, 0.2) is 65.7 Å². The quantitative estimate of drug-likeness (QED) is 0.352. The molecule has 4 heterocycles. The van der Waals surface area contributed by atoms with Gasteiger partial charge < -0.3 is 15.0 Å². The molecule has 214 valence electrons. The van der Waals surface area contributed by atoms with Crippen molar-refractivity contribution in [3.05, 3.63) is 77.6 Å². The number of sulfone groups is 1. The van der Waals surface area contributed by atoms with E-state index in [-0.39, 0.29) is 34.1 Å². The summed E-state index contributed by atoms with van der Waals surface area (Å²) < 4.78 is 30.3. The smallest absolute Gasteiger partial charge is 0.251 e. The van der Waals surface area contributed by atoms with E-state index in [1.165, 1.54) is 6.07 Å². The molecule has 41 heavy (non-hydrogen) atoms. The average molecular weight is 574 g/mol. The zero-order valence-electron chi connectivity index (χ0n) is 24.2. The third-order valence-electron chi connectivity index (χ3n) is 6.93. The van der Waals surface area contributed by atoms with Gasteiger partial charge in [-0.25, -0.2) is 18.4 Å². The van der Waals surface area contributed by atoms with Gasteiger partial charge in [0.2, 0.25) is 0 Å². The van der Waals surface area contributed by atoms with Crippen molar-refractivity contribution in [1.29, 1.82) is 0 Å². The van der Waals surface area contributed by atoms with Crippen LogP contribution in [-0.2, 0) is 21.1 Å². The number of nitrogens with one attached hydrogen (secondary N) is 1. The topological polar surface area (TPSA) is 114 Å². The van der Waals surface area contributed by atoms with Crippen molar-refractivity contribution < 1.29 is 17.9 Å². The van der Waals surface area contributed by atoms with Crippen LogP contribution in [0, 0.1) is 6.92 Å². The van der Waals surface area contributed by atoms with Gasteiger partial charge in [-0.2, -0.15) is 0 Å². The summed E-state index contributed by atoms with van der Waals surface area (Å²) in [5, 5.41) is 3.70. The van der Waals surface area contributed by atoms with Crippen molar-refractivity contribution in [2.75, 3.05) is 24.2 Å². The second-order valence-electron chi connectivity index (χ2n) is 11.9. The fourth-order valence-electron chi connectivity index (χ4n) is 5.40. The number of aromatic nitrogens is 3. The molecule has 10 heteroatoms. The summed E-state index contributed by atoms with van der Waals surface area (Å²) in [4.78, 5) is 29.4. The van der Waals surface area contributed by atoms with Crippen molar-refractivity contribution in [3.8, 4) is 11.4 Å². The number of amides is 1. The first-order valence-electron chi connectivity index (χ1n) is 13.5. The van der Waals surface area contributed by atoms with E-state index < -0.39 is 9.84 Å². The first-order valence-corrected chi connectivity index (χ1v) is 15.4. The van der Waals surface area contributed by atoms with E-state index in [2.05, 4.69) is 42.9 Å². The predicted octanol–water partition coefficient (Wildman–Crippen LogP) is 4.73. The van der Waals surface area contributed by atoms with Crippen molar-refractivity contribution >= 4 is 32.5 Å². The highest BCUT2D eigenvalue weighted by molar-refractivity contribution is 7.90. The molecule has 1 saturated heterocycles. The van der Waals surface area contributed by atoms with Crippen LogP contribution in [0.3, 0.4) is 0 Å². The fraction of sp³-hybridized carbons (Fsp3) is 0.355. The Hall–Kier alpha value is -3.89. The van der Waals surface area contributed by atoms with Crippen molar-refractivity contribution in [1.82, 2.24) is 20.3 Å². The number of hydrogen-bond donors (Lipinski definition) is 1. The fourth-order valence-corrected chi connectivity index (χ4v) is 6.40. The molecule has 9 nitrogen and oxygen atoms in total. The van der Waals surface area contributed by atoms with E-state index in [1.54, 1.807) is 25.3 Å². The number of morpholine rings is 1. The third-order valence-corrected chi connectivity index (χ3v) is 8.17. The zero-order valence-corrected chi connectivity index (χ0v) is 25.0. The molecule has 1 amide bonds. The van der Waals surface area contributed by atoms with E-state index in [9.17, 15) is 13.2 Å². The normalized spacial score (nSPS) is 16.5. The highest BCUT2D eigenvalue weighted by atomic mass is 32.2. The molecule has 5 rings (SSSR count). The maximum absolute atomic E-state index is 12.8. The Morgan fingerprint density at radius 1 is 0.976 bits per heavy atom. The maximum Gasteiger partial charge on any atom is 0.251 e. The molecule has 0 unspecified atom stereocenters. The van der Waals surface area contributed by atoms with E-state index >= 15 is 0 Å². The highest BCUT2D eigenvalue weighted by Crippen LogP contribution is 2.31. The summed E-state index contributed by atoms with van der Waals surface area (Å²) >= 11 is 0. The van der Waals surface area contributed by atoms with Gasteiger partial charge in [0, 0.05) is 36.5 Å². The van der Waals surface area contributed by atoms with Crippen LogP contribution in [-0.4, -0.2) is 59.8 Å². The maximum atomic E-state index is 12.8. The molecule has 1 N–H and O–H groups in total. The minimum Gasteiger partial charge on any atom is -0.366 e. The Bertz CT molecular complexity index is 1730. The standard InChI is InChI=1S/C31H35N5O4S/c1-20-10-11-21(14-27(20)41(6,38)39)29(37)33-17-23-15-26-22(16-32-23)12-13-25(34-26)24-8-7-9-28(35-24)36-18-30(2,3)40-31(4,5)19-36/h7-16H,17-19H2,1-6H3,(H,33,37). The molecule has 0 spiro atoms. The van der Waals surface area contributed by atoms with Crippen LogP contribution in [0.4, 0.5) is 5.82 Å². The zero-order chi connectivity index (χ0) is 29.6. The lowest BCUT2D eigenvalue weighted by atomic mass is 9.99. The van der Waals surface area contributed by atoms with Crippen molar-refractivity contribution in [3.63, 3.8) is 0 Å². The number of nitrogens with zero attached hydrogens (tertiary/aromatic N) is 4. The first-order chi connectivity index (χ1) is 19.2. The van der Waals surface area contributed by atoms with Crippen LogP contribution in [0.2, 0.25) is 0 Å². The molecule has 1 aromatic carbocycles. The Kier molecular flexibility index (Phi) is 7.33. The van der Waals surface area contributed by atoms with Gasteiger partial charge in [0.1, 0.15) is 5.82 Å². The van der Waals surface area contributed by atoms with E-state index in [0.29, 0.717) is 11.3 Å². The molecule has 1 aliphatic heterocycles. The largest absolute Gasteiger partial charge is 0.366 e. The summed E-state index contributed by atoms with van der Waals surface area (Å²) in [5.41, 5.74) is 3.14. The van der Waals surface area contributed by atoms with Gasteiger partial charge in [-0.3, -0.25) is 9.78 Å². The predicted molar refractivity (Wildman–Crippen MR) is 160 cm³/mol. The second-order valence-corrected chi connectivity index (χ2v) is 13.8.